The van der Waals surface area contributed by atoms with E-state index in [2.05, 4.69) is 10.2 Å². The summed E-state index contributed by atoms with van der Waals surface area (Å²) < 4.78 is 14.1. The van der Waals surface area contributed by atoms with Crippen LogP contribution in [0, 0.1) is 0 Å². The number of amides is 1. The molecular weight excluding hydrogens is 562 g/mol. The molecule has 6 rings (SSSR count). The standard InChI is InChI=1S/C33H35N5O6/c39-29(40)23-44-28-11-4-6-24(20-28)22-37-31(32(41)36-14-12-34-13-15-36)30(25-7-2-1-3-8-25)38(33(37)42)27-10-5-9-26(21-27)35-16-18-43-19-17-35/h1-11,20-21,34H,12-19,22-23H2,(H,39,40). The fraction of sp³-hybridized carbons (Fsp3) is 0.303. The first-order valence-electron chi connectivity index (χ1n) is 14.8. The van der Waals surface area contributed by atoms with Gasteiger partial charge in [-0.1, -0.05) is 48.5 Å². The highest BCUT2D eigenvalue weighted by Crippen LogP contribution is 2.30. The molecule has 1 amide bonds. The number of piperazine rings is 1. The number of carbonyl (C=O) groups excluding carboxylic acids is 1. The smallest absolute Gasteiger partial charge is 0.341 e. The van der Waals surface area contributed by atoms with Crippen molar-refractivity contribution in [3.05, 3.63) is 101 Å². The first-order valence-corrected chi connectivity index (χ1v) is 14.8. The fourth-order valence-electron chi connectivity index (χ4n) is 5.74. The molecule has 0 radical (unpaired) electrons. The lowest BCUT2D eigenvalue weighted by atomic mass is 10.1. The van der Waals surface area contributed by atoms with Gasteiger partial charge in [-0.2, -0.15) is 0 Å². The van der Waals surface area contributed by atoms with Crippen LogP contribution in [-0.2, 0) is 16.1 Å². The molecule has 2 N–H and O–H groups in total. The molecule has 0 bridgehead atoms. The minimum atomic E-state index is -1.08. The summed E-state index contributed by atoms with van der Waals surface area (Å²) in [6.07, 6.45) is 0. The zero-order valence-electron chi connectivity index (χ0n) is 24.4. The van der Waals surface area contributed by atoms with Crippen molar-refractivity contribution in [2.24, 2.45) is 0 Å². The fourth-order valence-corrected chi connectivity index (χ4v) is 5.74. The quantitative estimate of drug-likeness (QED) is 0.303. The van der Waals surface area contributed by atoms with E-state index in [-0.39, 0.29) is 18.1 Å². The maximum atomic E-state index is 14.6. The first kappa shape index (κ1) is 29.2. The molecule has 0 unspecified atom stereocenters. The predicted octanol–water partition coefficient (Wildman–Crippen LogP) is 2.70. The van der Waals surface area contributed by atoms with Gasteiger partial charge in [0.25, 0.3) is 5.91 Å². The molecule has 2 saturated heterocycles. The lowest BCUT2D eigenvalue weighted by Crippen LogP contribution is -2.47. The highest BCUT2D eigenvalue weighted by atomic mass is 16.5. The van der Waals surface area contributed by atoms with Crippen LogP contribution < -0.4 is 20.6 Å². The summed E-state index contributed by atoms with van der Waals surface area (Å²) in [5.74, 6) is -0.933. The molecule has 44 heavy (non-hydrogen) atoms. The Morgan fingerprint density at radius 3 is 2.34 bits per heavy atom. The lowest BCUT2D eigenvalue weighted by molar-refractivity contribution is -0.139. The van der Waals surface area contributed by atoms with Gasteiger partial charge in [-0.15, -0.1) is 0 Å². The maximum Gasteiger partial charge on any atom is 0.341 e. The summed E-state index contributed by atoms with van der Waals surface area (Å²) in [6, 6.07) is 24.3. The number of nitrogens with zero attached hydrogens (tertiary/aromatic N) is 4. The number of aromatic nitrogens is 2. The summed E-state index contributed by atoms with van der Waals surface area (Å²) in [5.41, 5.74) is 3.55. The molecule has 11 nitrogen and oxygen atoms in total. The molecule has 2 aliphatic rings. The second kappa shape index (κ2) is 13.2. The molecule has 0 spiro atoms. The van der Waals surface area contributed by atoms with Crippen molar-refractivity contribution in [1.82, 2.24) is 19.4 Å². The number of carboxylic acid groups (broad SMARTS) is 1. The van der Waals surface area contributed by atoms with E-state index >= 15 is 0 Å². The average molecular weight is 598 g/mol. The minimum absolute atomic E-state index is 0.0895. The molecular formula is C33H35N5O6. The average Bonchev–Trinajstić information content (AvgIpc) is 3.36. The molecule has 228 valence electrons. The number of ether oxygens (including phenoxy) is 2. The van der Waals surface area contributed by atoms with Crippen LogP contribution in [0.4, 0.5) is 5.69 Å². The Labute approximate surface area is 254 Å². The van der Waals surface area contributed by atoms with Gasteiger partial charge in [0, 0.05) is 50.5 Å². The van der Waals surface area contributed by atoms with Crippen LogP contribution in [0.15, 0.2) is 83.7 Å². The number of hydrogen-bond acceptors (Lipinski definition) is 7. The van der Waals surface area contributed by atoms with Gasteiger partial charge >= 0.3 is 11.7 Å². The van der Waals surface area contributed by atoms with Gasteiger partial charge in [0.05, 0.1) is 31.1 Å². The SMILES string of the molecule is O=C(O)COc1cccc(Cn2c(C(=O)N3CCNCC3)c(-c3ccccc3)n(-c3cccc(N4CCOCC4)c3)c2=O)c1. The highest BCUT2D eigenvalue weighted by Gasteiger charge is 2.31. The van der Waals surface area contributed by atoms with Crippen LogP contribution in [0.25, 0.3) is 16.9 Å². The number of carboxylic acids is 1. The molecule has 3 aromatic carbocycles. The summed E-state index contributed by atoms with van der Waals surface area (Å²) in [5, 5.41) is 12.4. The Bertz CT molecular complexity index is 1690. The van der Waals surface area contributed by atoms with Crippen molar-refractivity contribution in [2.45, 2.75) is 6.54 Å². The van der Waals surface area contributed by atoms with E-state index in [4.69, 9.17) is 14.6 Å². The lowest BCUT2D eigenvalue weighted by Gasteiger charge is -2.29. The number of carbonyl (C=O) groups is 2. The number of hydrogen-bond donors (Lipinski definition) is 2. The molecule has 1 aromatic heterocycles. The van der Waals surface area contributed by atoms with Crippen molar-refractivity contribution in [3.8, 4) is 22.7 Å². The van der Waals surface area contributed by atoms with Crippen molar-refractivity contribution in [2.75, 3.05) is 64.0 Å². The van der Waals surface area contributed by atoms with Crippen molar-refractivity contribution in [3.63, 3.8) is 0 Å². The van der Waals surface area contributed by atoms with Gasteiger partial charge in [0.15, 0.2) is 6.61 Å². The van der Waals surface area contributed by atoms with E-state index in [1.165, 1.54) is 4.57 Å². The molecule has 2 fully saturated rings. The molecule has 0 saturated carbocycles. The third-order valence-electron chi connectivity index (χ3n) is 7.86. The summed E-state index contributed by atoms with van der Waals surface area (Å²) in [7, 11) is 0. The van der Waals surface area contributed by atoms with Crippen LogP contribution in [0.3, 0.4) is 0 Å². The number of benzene rings is 3. The molecule has 11 heteroatoms. The van der Waals surface area contributed by atoms with E-state index in [0.717, 1.165) is 24.3 Å². The van der Waals surface area contributed by atoms with Crippen LogP contribution >= 0.6 is 0 Å². The molecule has 0 aliphatic carbocycles. The number of imidazole rings is 1. The largest absolute Gasteiger partial charge is 0.482 e. The first-order chi connectivity index (χ1) is 21.5. The zero-order chi connectivity index (χ0) is 30.5. The van der Waals surface area contributed by atoms with Crippen LogP contribution in [0.2, 0.25) is 0 Å². The van der Waals surface area contributed by atoms with Crippen molar-refractivity contribution in [1.29, 1.82) is 0 Å². The van der Waals surface area contributed by atoms with Crippen LogP contribution in [-0.4, -0.2) is 90.1 Å². The minimum Gasteiger partial charge on any atom is -0.482 e. The molecule has 3 heterocycles. The second-order valence-corrected chi connectivity index (χ2v) is 10.8. The Kier molecular flexibility index (Phi) is 8.76. The monoisotopic (exact) mass is 597 g/mol. The van der Waals surface area contributed by atoms with Gasteiger partial charge in [-0.3, -0.25) is 13.9 Å². The van der Waals surface area contributed by atoms with Gasteiger partial charge in [0.2, 0.25) is 0 Å². The second-order valence-electron chi connectivity index (χ2n) is 10.8. The van der Waals surface area contributed by atoms with Crippen molar-refractivity contribution >= 4 is 17.6 Å². The topological polar surface area (TPSA) is 118 Å². The number of anilines is 1. The third-order valence-corrected chi connectivity index (χ3v) is 7.86. The van der Waals surface area contributed by atoms with E-state index < -0.39 is 12.6 Å². The number of rotatable bonds is 9. The number of aliphatic carboxylic acids is 1. The van der Waals surface area contributed by atoms with Gasteiger partial charge in [-0.25, -0.2) is 9.59 Å². The van der Waals surface area contributed by atoms with E-state index in [0.29, 0.717) is 67.8 Å². The van der Waals surface area contributed by atoms with Gasteiger partial charge in [-0.05, 0) is 35.9 Å². The Morgan fingerprint density at radius 1 is 0.864 bits per heavy atom. The third kappa shape index (κ3) is 6.24. The Balaban J connectivity index is 1.53. The van der Waals surface area contributed by atoms with E-state index in [1.54, 1.807) is 27.7 Å². The summed E-state index contributed by atoms with van der Waals surface area (Å²) in [6.45, 7) is 4.76. The maximum absolute atomic E-state index is 14.6. The Morgan fingerprint density at radius 2 is 1.59 bits per heavy atom. The van der Waals surface area contributed by atoms with E-state index in [1.807, 2.05) is 60.7 Å². The number of morpholine rings is 1. The number of nitrogens with one attached hydrogen (secondary N) is 1. The summed E-state index contributed by atoms with van der Waals surface area (Å²) in [4.78, 5) is 44.0. The molecule has 4 aromatic rings. The Hall–Kier alpha value is -4.87. The predicted molar refractivity (Wildman–Crippen MR) is 166 cm³/mol. The molecule has 0 atom stereocenters. The normalized spacial score (nSPS) is 15.3. The molecule has 2 aliphatic heterocycles. The van der Waals surface area contributed by atoms with Crippen LogP contribution in [0.1, 0.15) is 16.1 Å². The zero-order valence-corrected chi connectivity index (χ0v) is 24.4. The van der Waals surface area contributed by atoms with Crippen molar-refractivity contribution < 1.29 is 24.2 Å². The van der Waals surface area contributed by atoms with Crippen LogP contribution in [0.5, 0.6) is 5.75 Å². The van der Waals surface area contributed by atoms with E-state index in [9.17, 15) is 14.4 Å². The highest BCUT2D eigenvalue weighted by molar-refractivity contribution is 5.99. The van der Waals surface area contributed by atoms with Gasteiger partial charge < -0.3 is 29.7 Å². The summed E-state index contributed by atoms with van der Waals surface area (Å²) >= 11 is 0. The van der Waals surface area contributed by atoms with Gasteiger partial charge in [0.1, 0.15) is 11.4 Å².